The van der Waals surface area contributed by atoms with Crippen molar-refractivity contribution >= 4 is 23.6 Å². The van der Waals surface area contributed by atoms with Crippen molar-refractivity contribution in [2.45, 2.75) is 12.5 Å². The number of anilines is 1. The molecule has 0 unspecified atom stereocenters. The molecule has 1 atom stereocenters. The lowest BCUT2D eigenvalue weighted by Gasteiger charge is -2.17. The van der Waals surface area contributed by atoms with E-state index < -0.39 is 0 Å². The van der Waals surface area contributed by atoms with Gasteiger partial charge in [0.05, 0.1) is 0 Å². The molecule has 1 amide bonds. The van der Waals surface area contributed by atoms with E-state index in [0.717, 1.165) is 12.2 Å². The third-order valence-electron chi connectivity index (χ3n) is 2.54. The smallest absolute Gasteiger partial charge is 0.249 e. The van der Waals surface area contributed by atoms with Gasteiger partial charge in [0.2, 0.25) is 11.9 Å². The lowest BCUT2D eigenvalue weighted by molar-refractivity contribution is -0.119. The summed E-state index contributed by atoms with van der Waals surface area (Å²) in [5.41, 5.74) is 0. The van der Waals surface area contributed by atoms with E-state index >= 15 is 0 Å². The van der Waals surface area contributed by atoms with Gasteiger partial charge in [-0.3, -0.25) is 10.1 Å². The molecular formula is C11H15N5OS. The van der Waals surface area contributed by atoms with E-state index in [9.17, 15) is 4.79 Å². The Balaban J connectivity index is 2.06. The SMILES string of the molecule is CSCC[C@H](C(=O)Nc1ncn[nH]1)n1cccc1. The number of thioether (sulfide) groups is 1. The summed E-state index contributed by atoms with van der Waals surface area (Å²) in [6.07, 6.45) is 7.95. The first-order chi connectivity index (χ1) is 8.81. The molecule has 0 aliphatic heterocycles. The third-order valence-corrected chi connectivity index (χ3v) is 3.19. The second-order valence-corrected chi connectivity index (χ2v) is 4.74. The number of carbonyl (C=O) groups excluding carboxylic acids is 1. The molecule has 2 heterocycles. The second kappa shape index (κ2) is 6.25. The quantitative estimate of drug-likeness (QED) is 0.830. The van der Waals surface area contributed by atoms with E-state index in [0.29, 0.717) is 5.95 Å². The van der Waals surface area contributed by atoms with Gasteiger partial charge in [0.15, 0.2) is 0 Å². The maximum Gasteiger partial charge on any atom is 0.249 e. The van der Waals surface area contributed by atoms with Gasteiger partial charge in [-0.25, -0.2) is 5.10 Å². The molecule has 0 aliphatic carbocycles. The van der Waals surface area contributed by atoms with Crippen LogP contribution in [-0.4, -0.2) is 37.7 Å². The minimum absolute atomic E-state index is 0.0861. The maximum atomic E-state index is 12.2. The highest BCUT2D eigenvalue weighted by Gasteiger charge is 2.19. The number of hydrogen-bond donors (Lipinski definition) is 2. The lowest BCUT2D eigenvalue weighted by atomic mass is 10.2. The highest BCUT2D eigenvalue weighted by atomic mass is 32.2. The van der Waals surface area contributed by atoms with Crippen molar-refractivity contribution in [3.8, 4) is 0 Å². The van der Waals surface area contributed by atoms with E-state index in [4.69, 9.17) is 0 Å². The fraction of sp³-hybridized carbons (Fsp3) is 0.364. The summed E-state index contributed by atoms with van der Waals surface area (Å²) in [5, 5.41) is 9.04. The molecule has 96 valence electrons. The molecule has 0 spiro atoms. The largest absolute Gasteiger partial charge is 0.342 e. The predicted octanol–water partition coefficient (Wildman–Crippen LogP) is 1.54. The monoisotopic (exact) mass is 265 g/mol. The Morgan fingerprint density at radius 1 is 1.56 bits per heavy atom. The van der Waals surface area contributed by atoms with E-state index in [1.165, 1.54) is 6.33 Å². The molecule has 7 heteroatoms. The van der Waals surface area contributed by atoms with Gasteiger partial charge in [-0.1, -0.05) is 0 Å². The van der Waals surface area contributed by atoms with Crippen LogP contribution in [0, 0.1) is 0 Å². The van der Waals surface area contributed by atoms with E-state index in [1.54, 1.807) is 11.8 Å². The number of hydrogen-bond acceptors (Lipinski definition) is 4. The van der Waals surface area contributed by atoms with Gasteiger partial charge >= 0.3 is 0 Å². The van der Waals surface area contributed by atoms with Crippen LogP contribution < -0.4 is 5.32 Å². The Kier molecular flexibility index (Phi) is 4.40. The molecule has 2 aromatic rings. The van der Waals surface area contributed by atoms with Crippen LogP contribution in [0.15, 0.2) is 30.9 Å². The summed E-state index contributed by atoms with van der Waals surface area (Å²) in [7, 11) is 0. The third kappa shape index (κ3) is 3.13. The summed E-state index contributed by atoms with van der Waals surface area (Å²) in [6.45, 7) is 0. The first-order valence-electron chi connectivity index (χ1n) is 5.59. The molecular weight excluding hydrogens is 250 g/mol. The number of amides is 1. The zero-order valence-corrected chi connectivity index (χ0v) is 10.9. The Labute approximate surface area is 109 Å². The second-order valence-electron chi connectivity index (χ2n) is 3.75. The molecule has 2 N–H and O–H groups in total. The number of nitrogens with one attached hydrogen (secondary N) is 2. The fourth-order valence-corrected chi connectivity index (χ4v) is 2.13. The number of aromatic amines is 1. The molecule has 0 radical (unpaired) electrons. The molecule has 0 fully saturated rings. The van der Waals surface area contributed by atoms with Gasteiger partial charge in [-0.15, -0.1) is 0 Å². The summed E-state index contributed by atoms with van der Waals surface area (Å²) < 4.78 is 1.90. The minimum atomic E-state index is -0.224. The lowest BCUT2D eigenvalue weighted by Crippen LogP contribution is -2.26. The van der Waals surface area contributed by atoms with Crippen molar-refractivity contribution in [1.29, 1.82) is 0 Å². The molecule has 2 rings (SSSR count). The summed E-state index contributed by atoms with van der Waals surface area (Å²) in [6, 6.07) is 3.60. The molecule has 2 aromatic heterocycles. The zero-order chi connectivity index (χ0) is 12.8. The molecule has 0 aliphatic rings. The van der Waals surface area contributed by atoms with Crippen molar-refractivity contribution in [1.82, 2.24) is 19.7 Å². The van der Waals surface area contributed by atoms with Crippen molar-refractivity contribution in [3.63, 3.8) is 0 Å². The number of nitrogens with zero attached hydrogens (tertiary/aromatic N) is 3. The summed E-state index contributed by atoms with van der Waals surface area (Å²) >= 11 is 1.72. The Bertz CT molecular complexity index is 468. The average Bonchev–Trinajstić information content (AvgIpc) is 3.02. The fourth-order valence-electron chi connectivity index (χ4n) is 1.67. The topological polar surface area (TPSA) is 75.6 Å². The molecule has 0 bridgehead atoms. The number of aromatic nitrogens is 4. The van der Waals surface area contributed by atoms with Gasteiger partial charge in [-0.05, 0) is 30.6 Å². The first kappa shape index (κ1) is 12.7. The number of H-pyrrole nitrogens is 1. The van der Waals surface area contributed by atoms with Crippen LogP contribution in [0.2, 0.25) is 0 Å². The van der Waals surface area contributed by atoms with E-state index in [2.05, 4.69) is 20.5 Å². The Morgan fingerprint density at radius 3 is 2.94 bits per heavy atom. The predicted molar refractivity (Wildman–Crippen MR) is 71.5 cm³/mol. The first-order valence-corrected chi connectivity index (χ1v) is 6.98. The number of carbonyl (C=O) groups is 1. The van der Waals surface area contributed by atoms with E-state index in [1.807, 2.05) is 35.3 Å². The zero-order valence-electron chi connectivity index (χ0n) is 10.0. The maximum absolute atomic E-state index is 12.2. The minimum Gasteiger partial charge on any atom is -0.342 e. The molecule has 0 saturated carbocycles. The molecule has 0 aromatic carbocycles. The number of rotatable bonds is 6. The van der Waals surface area contributed by atoms with Crippen LogP contribution in [0.4, 0.5) is 5.95 Å². The van der Waals surface area contributed by atoms with Crippen LogP contribution >= 0.6 is 11.8 Å². The normalized spacial score (nSPS) is 12.3. The Morgan fingerprint density at radius 2 is 2.33 bits per heavy atom. The average molecular weight is 265 g/mol. The standard InChI is InChI=1S/C11H15N5OS/c1-18-7-4-9(16-5-2-3-6-16)10(17)14-11-12-8-13-15-11/h2-3,5-6,8-9H,4,7H2,1H3,(H2,12,13,14,15,17)/t9-/m1/s1. The van der Waals surface area contributed by atoms with Gasteiger partial charge < -0.3 is 4.57 Å². The molecule has 18 heavy (non-hydrogen) atoms. The van der Waals surface area contributed by atoms with Gasteiger partial charge in [0, 0.05) is 12.4 Å². The van der Waals surface area contributed by atoms with Crippen molar-refractivity contribution in [3.05, 3.63) is 30.9 Å². The van der Waals surface area contributed by atoms with Crippen LogP contribution in [0.25, 0.3) is 0 Å². The molecule has 0 saturated heterocycles. The van der Waals surface area contributed by atoms with Gasteiger partial charge in [0.25, 0.3) is 0 Å². The van der Waals surface area contributed by atoms with Crippen molar-refractivity contribution in [2.24, 2.45) is 0 Å². The van der Waals surface area contributed by atoms with Crippen LogP contribution in [0.5, 0.6) is 0 Å². The van der Waals surface area contributed by atoms with Gasteiger partial charge in [-0.2, -0.15) is 21.8 Å². The highest BCUT2D eigenvalue weighted by Crippen LogP contribution is 2.16. The van der Waals surface area contributed by atoms with Crippen LogP contribution in [0.1, 0.15) is 12.5 Å². The van der Waals surface area contributed by atoms with Crippen molar-refractivity contribution < 1.29 is 4.79 Å². The Hall–Kier alpha value is -1.76. The summed E-state index contributed by atoms with van der Waals surface area (Å²) in [4.78, 5) is 16.1. The molecule has 6 nitrogen and oxygen atoms in total. The van der Waals surface area contributed by atoms with Crippen LogP contribution in [0.3, 0.4) is 0 Å². The van der Waals surface area contributed by atoms with Crippen molar-refractivity contribution in [2.75, 3.05) is 17.3 Å². The van der Waals surface area contributed by atoms with Gasteiger partial charge in [0.1, 0.15) is 12.4 Å². The summed E-state index contributed by atoms with van der Waals surface area (Å²) in [5.74, 6) is 1.21. The highest BCUT2D eigenvalue weighted by molar-refractivity contribution is 7.98. The van der Waals surface area contributed by atoms with Crippen LogP contribution in [-0.2, 0) is 4.79 Å². The van der Waals surface area contributed by atoms with E-state index in [-0.39, 0.29) is 11.9 Å².